The number of rotatable bonds is 3. The minimum Gasteiger partial charge on any atom is -0.342 e. The highest BCUT2D eigenvalue weighted by Gasteiger charge is 2.42. The number of amides is 2. The first-order valence-electron chi connectivity index (χ1n) is 10.6. The van der Waals surface area contributed by atoms with Crippen molar-refractivity contribution in [1.82, 2.24) is 4.90 Å². The summed E-state index contributed by atoms with van der Waals surface area (Å²) in [5, 5.41) is 2.85. The predicted octanol–water partition coefficient (Wildman–Crippen LogP) is 3.58. The molecule has 0 spiro atoms. The molecule has 1 heterocycles. The number of carbonyl (C=O) groups is 2. The Morgan fingerprint density at radius 1 is 0.966 bits per heavy atom. The van der Waals surface area contributed by atoms with Crippen LogP contribution >= 0.6 is 12.4 Å². The second-order valence-corrected chi connectivity index (χ2v) is 8.79. The smallest absolute Gasteiger partial charge is 0.227 e. The molecule has 1 aromatic carbocycles. The summed E-state index contributed by atoms with van der Waals surface area (Å²) in [6.45, 7) is 1.27. The summed E-state index contributed by atoms with van der Waals surface area (Å²) < 4.78 is 13.0. The number of hydrogen-bond acceptors (Lipinski definition) is 3. The SMILES string of the molecule is Cl.NC1C2CCCC1CC(C(=O)N1CCC(C(=O)Nc3ccc(F)cc3)CC1)C2. The summed E-state index contributed by atoms with van der Waals surface area (Å²) in [6, 6.07) is 6.08. The number of nitrogens with two attached hydrogens (primary N) is 1. The van der Waals surface area contributed by atoms with Gasteiger partial charge in [-0.2, -0.15) is 0 Å². The van der Waals surface area contributed by atoms with Crippen LogP contribution in [0, 0.1) is 29.5 Å². The van der Waals surface area contributed by atoms with Crippen molar-refractivity contribution in [3.63, 3.8) is 0 Å². The van der Waals surface area contributed by atoms with E-state index in [9.17, 15) is 14.0 Å². The summed E-state index contributed by atoms with van der Waals surface area (Å²) in [5.41, 5.74) is 6.96. The van der Waals surface area contributed by atoms with E-state index < -0.39 is 0 Å². The molecule has 2 aliphatic carbocycles. The Bertz CT molecular complexity index is 707. The lowest BCUT2D eigenvalue weighted by Crippen LogP contribution is -2.51. The summed E-state index contributed by atoms with van der Waals surface area (Å²) >= 11 is 0. The molecule has 0 aromatic heterocycles. The largest absolute Gasteiger partial charge is 0.342 e. The van der Waals surface area contributed by atoms with Gasteiger partial charge in [0.25, 0.3) is 0 Å². The molecule has 29 heavy (non-hydrogen) atoms. The van der Waals surface area contributed by atoms with Gasteiger partial charge in [0.2, 0.25) is 11.8 Å². The number of carbonyl (C=O) groups excluding carboxylic acids is 2. The van der Waals surface area contributed by atoms with Gasteiger partial charge >= 0.3 is 0 Å². The van der Waals surface area contributed by atoms with Gasteiger partial charge in [-0.25, -0.2) is 4.39 Å². The van der Waals surface area contributed by atoms with Crippen LogP contribution in [0.5, 0.6) is 0 Å². The van der Waals surface area contributed by atoms with Crippen LogP contribution in [0.25, 0.3) is 0 Å². The van der Waals surface area contributed by atoms with E-state index in [0.29, 0.717) is 43.5 Å². The second kappa shape index (κ2) is 9.43. The Hall–Kier alpha value is -1.66. The quantitative estimate of drug-likeness (QED) is 0.780. The third-order valence-electron chi connectivity index (χ3n) is 7.05. The van der Waals surface area contributed by atoms with Crippen LogP contribution in [0.1, 0.15) is 44.9 Å². The average molecular weight is 424 g/mol. The number of anilines is 1. The second-order valence-electron chi connectivity index (χ2n) is 8.79. The van der Waals surface area contributed by atoms with Gasteiger partial charge in [0.15, 0.2) is 0 Å². The summed E-state index contributed by atoms with van der Waals surface area (Å²) in [6.07, 6.45) is 6.79. The molecule has 3 fully saturated rings. The fourth-order valence-corrected chi connectivity index (χ4v) is 5.39. The van der Waals surface area contributed by atoms with Crippen molar-refractivity contribution in [2.75, 3.05) is 18.4 Å². The van der Waals surface area contributed by atoms with Crippen molar-refractivity contribution in [1.29, 1.82) is 0 Å². The molecule has 1 aliphatic heterocycles. The topological polar surface area (TPSA) is 75.4 Å². The molecular weight excluding hydrogens is 393 g/mol. The van der Waals surface area contributed by atoms with E-state index in [-0.39, 0.29) is 47.9 Å². The van der Waals surface area contributed by atoms with Crippen LogP contribution in [0.3, 0.4) is 0 Å². The number of benzene rings is 1. The lowest BCUT2D eigenvalue weighted by Gasteiger charge is -2.45. The average Bonchev–Trinajstić information content (AvgIpc) is 2.69. The maximum Gasteiger partial charge on any atom is 0.227 e. The van der Waals surface area contributed by atoms with Gasteiger partial charge in [-0.15, -0.1) is 12.4 Å². The normalized spacial score (nSPS) is 29.7. The van der Waals surface area contributed by atoms with E-state index in [4.69, 9.17) is 5.73 Å². The van der Waals surface area contributed by atoms with E-state index in [1.54, 1.807) is 12.1 Å². The number of fused-ring (bicyclic) bond motifs is 2. The fourth-order valence-electron chi connectivity index (χ4n) is 5.39. The molecule has 2 atom stereocenters. The van der Waals surface area contributed by atoms with Crippen LogP contribution in [0.4, 0.5) is 10.1 Å². The predicted molar refractivity (Wildman–Crippen MR) is 113 cm³/mol. The van der Waals surface area contributed by atoms with E-state index in [2.05, 4.69) is 5.32 Å². The van der Waals surface area contributed by atoms with E-state index in [1.807, 2.05) is 4.90 Å². The van der Waals surface area contributed by atoms with E-state index >= 15 is 0 Å². The zero-order valence-electron chi connectivity index (χ0n) is 16.7. The zero-order chi connectivity index (χ0) is 19.7. The number of piperidine rings is 1. The Labute approximate surface area is 178 Å². The maximum atomic E-state index is 13.0. The third kappa shape index (κ3) is 4.92. The highest BCUT2D eigenvalue weighted by atomic mass is 35.5. The van der Waals surface area contributed by atoms with Crippen molar-refractivity contribution < 1.29 is 14.0 Å². The number of nitrogens with zero attached hydrogens (tertiary/aromatic N) is 1. The van der Waals surface area contributed by atoms with Gasteiger partial charge in [-0.05, 0) is 74.6 Å². The third-order valence-corrected chi connectivity index (χ3v) is 7.05. The molecular formula is C22H31ClFN3O2. The molecule has 3 aliphatic rings. The molecule has 2 amide bonds. The zero-order valence-corrected chi connectivity index (χ0v) is 17.5. The monoisotopic (exact) mass is 423 g/mol. The Morgan fingerprint density at radius 2 is 1.55 bits per heavy atom. The van der Waals surface area contributed by atoms with Gasteiger partial charge in [0.1, 0.15) is 5.82 Å². The molecule has 2 bridgehead atoms. The highest BCUT2D eigenvalue weighted by Crippen LogP contribution is 2.42. The van der Waals surface area contributed by atoms with Crippen molar-refractivity contribution in [2.45, 2.75) is 51.0 Å². The molecule has 5 nitrogen and oxygen atoms in total. The summed E-state index contributed by atoms with van der Waals surface area (Å²) in [7, 11) is 0. The standard InChI is InChI=1S/C22H30FN3O2.ClH/c23-18-4-6-19(7-5-18)25-21(27)14-8-10-26(11-9-14)22(28)17-12-15-2-1-3-16(13-17)20(15)24;/h4-7,14-17,20H,1-3,8-13,24H2,(H,25,27);1H. The van der Waals surface area contributed by atoms with Gasteiger partial charge in [-0.3, -0.25) is 9.59 Å². The lowest BCUT2D eigenvalue weighted by molar-refractivity contribution is -0.141. The van der Waals surface area contributed by atoms with Crippen LogP contribution in [-0.2, 0) is 9.59 Å². The molecule has 3 N–H and O–H groups in total. The minimum absolute atomic E-state index is 0. The minimum atomic E-state index is -0.322. The van der Waals surface area contributed by atoms with Crippen LogP contribution in [0.2, 0.25) is 0 Å². The first-order valence-corrected chi connectivity index (χ1v) is 10.6. The molecule has 2 unspecified atom stereocenters. The molecule has 1 aromatic rings. The number of halogens is 2. The Kier molecular flexibility index (Phi) is 7.17. The van der Waals surface area contributed by atoms with Crippen molar-refractivity contribution in [3.05, 3.63) is 30.1 Å². The van der Waals surface area contributed by atoms with Gasteiger partial charge in [-0.1, -0.05) is 6.42 Å². The van der Waals surface area contributed by atoms with E-state index in [1.165, 1.54) is 18.6 Å². The summed E-state index contributed by atoms with van der Waals surface area (Å²) in [5.74, 6) is 0.907. The van der Waals surface area contributed by atoms with Crippen molar-refractivity contribution in [3.8, 4) is 0 Å². The Balaban J connectivity index is 0.00000240. The molecule has 1 saturated heterocycles. The number of nitrogens with one attached hydrogen (secondary N) is 1. The van der Waals surface area contributed by atoms with Crippen molar-refractivity contribution >= 4 is 29.9 Å². The fraction of sp³-hybridized carbons (Fsp3) is 0.636. The van der Waals surface area contributed by atoms with Crippen LogP contribution < -0.4 is 11.1 Å². The number of likely N-dealkylation sites (tertiary alicyclic amines) is 1. The van der Waals surface area contributed by atoms with Gasteiger partial charge < -0.3 is 16.0 Å². The lowest BCUT2D eigenvalue weighted by atomic mass is 9.65. The molecule has 0 radical (unpaired) electrons. The molecule has 7 heteroatoms. The molecule has 2 saturated carbocycles. The molecule has 4 rings (SSSR count). The molecule has 160 valence electrons. The van der Waals surface area contributed by atoms with Crippen LogP contribution in [-0.4, -0.2) is 35.8 Å². The van der Waals surface area contributed by atoms with Crippen LogP contribution in [0.15, 0.2) is 24.3 Å². The van der Waals surface area contributed by atoms with Gasteiger partial charge in [0, 0.05) is 36.7 Å². The first kappa shape index (κ1) is 22.0. The Morgan fingerprint density at radius 3 is 2.14 bits per heavy atom. The maximum absolute atomic E-state index is 13.0. The van der Waals surface area contributed by atoms with Crippen molar-refractivity contribution in [2.24, 2.45) is 29.4 Å². The first-order chi connectivity index (χ1) is 13.5. The van der Waals surface area contributed by atoms with E-state index in [0.717, 1.165) is 25.7 Å². The number of hydrogen-bond donors (Lipinski definition) is 2. The van der Waals surface area contributed by atoms with Gasteiger partial charge in [0.05, 0.1) is 0 Å². The summed E-state index contributed by atoms with van der Waals surface area (Å²) in [4.78, 5) is 27.5. The highest BCUT2D eigenvalue weighted by molar-refractivity contribution is 5.92.